The zero-order chi connectivity index (χ0) is 21.5. The minimum Gasteiger partial charge on any atom is -0.322 e. The largest absolute Gasteiger partial charge is 0.349 e. The van der Waals surface area contributed by atoms with Crippen LogP contribution in [0.2, 0.25) is 5.02 Å². The molecule has 1 N–H and O–H groups in total. The molecule has 0 spiro atoms. The van der Waals surface area contributed by atoms with Crippen molar-refractivity contribution in [2.24, 2.45) is 0 Å². The predicted octanol–water partition coefficient (Wildman–Crippen LogP) is 4.17. The van der Waals surface area contributed by atoms with E-state index in [1.807, 2.05) is 41.0 Å². The van der Waals surface area contributed by atoms with Crippen LogP contribution in [-0.2, 0) is 18.4 Å². The number of rotatable bonds is 4. The quantitative estimate of drug-likeness (QED) is 0.500. The molecule has 154 valence electrons. The third-order valence-electron chi connectivity index (χ3n) is 5.24. The van der Waals surface area contributed by atoms with Gasteiger partial charge in [-0.1, -0.05) is 50.6 Å². The lowest BCUT2D eigenvalue weighted by Crippen LogP contribution is -2.29. The summed E-state index contributed by atoms with van der Waals surface area (Å²) in [4.78, 5) is 35.1. The maximum absolute atomic E-state index is 12.4. The van der Waals surface area contributed by atoms with Crippen molar-refractivity contribution >= 4 is 22.6 Å². The van der Waals surface area contributed by atoms with E-state index in [-0.39, 0.29) is 11.1 Å². The predicted molar refractivity (Wildman–Crippen MR) is 120 cm³/mol. The van der Waals surface area contributed by atoms with Gasteiger partial charge in [-0.05, 0) is 53.6 Å². The van der Waals surface area contributed by atoms with Crippen molar-refractivity contribution in [2.45, 2.75) is 45.6 Å². The van der Waals surface area contributed by atoms with Gasteiger partial charge in [-0.25, -0.2) is 9.78 Å². The first-order chi connectivity index (χ1) is 14.2. The lowest BCUT2D eigenvalue weighted by atomic mass is 9.87. The number of aromatic amines is 1. The highest BCUT2D eigenvalue weighted by Gasteiger charge is 2.20. The van der Waals surface area contributed by atoms with Crippen LogP contribution in [0.5, 0.6) is 0 Å². The monoisotopic (exact) mass is 422 g/mol. The molecule has 6 nitrogen and oxygen atoms in total. The number of hydrogen-bond donors (Lipinski definition) is 1. The fourth-order valence-corrected chi connectivity index (χ4v) is 3.71. The van der Waals surface area contributed by atoms with Crippen molar-refractivity contribution in [1.82, 2.24) is 19.5 Å². The summed E-state index contributed by atoms with van der Waals surface area (Å²) < 4.78 is 1.93. The van der Waals surface area contributed by atoms with Gasteiger partial charge in [-0.3, -0.25) is 9.78 Å². The summed E-state index contributed by atoms with van der Waals surface area (Å²) in [6.45, 7) is 7.00. The van der Waals surface area contributed by atoms with Crippen LogP contribution in [0.15, 0.2) is 52.1 Å². The Morgan fingerprint density at radius 1 is 1.03 bits per heavy atom. The molecule has 0 saturated carbocycles. The van der Waals surface area contributed by atoms with Crippen LogP contribution in [0.25, 0.3) is 22.6 Å². The average Bonchev–Trinajstić information content (AvgIpc) is 2.68. The zero-order valence-electron chi connectivity index (χ0n) is 17.2. The molecule has 2 aromatic carbocycles. The second-order valence-corrected chi connectivity index (χ2v) is 8.93. The van der Waals surface area contributed by atoms with E-state index in [1.165, 1.54) is 5.56 Å². The van der Waals surface area contributed by atoms with Crippen LogP contribution in [0.4, 0.5) is 0 Å². The second-order valence-electron chi connectivity index (χ2n) is 8.49. The number of aromatic nitrogens is 4. The number of benzene rings is 2. The van der Waals surface area contributed by atoms with E-state index in [2.05, 4.69) is 41.8 Å². The number of hydrogen-bond acceptors (Lipinski definition) is 4. The van der Waals surface area contributed by atoms with Crippen LogP contribution in [0, 0.1) is 0 Å². The number of fused-ring (bicyclic) bond motifs is 2. The Hall–Kier alpha value is -2.99. The first kappa shape index (κ1) is 20.3. The lowest BCUT2D eigenvalue weighted by molar-refractivity contribution is 0.590. The van der Waals surface area contributed by atoms with Crippen LogP contribution < -0.4 is 11.2 Å². The van der Waals surface area contributed by atoms with Crippen LogP contribution >= 0.6 is 11.6 Å². The maximum atomic E-state index is 12.4. The summed E-state index contributed by atoms with van der Waals surface area (Å²) in [6.07, 6.45) is 1.65. The zero-order valence-corrected chi connectivity index (χ0v) is 18.0. The normalized spacial score (nSPS) is 12.0. The van der Waals surface area contributed by atoms with Gasteiger partial charge in [-0.15, -0.1) is 0 Å². The molecule has 2 aliphatic rings. The van der Waals surface area contributed by atoms with Crippen LogP contribution in [0.1, 0.15) is 38.3 Å². The lowest BCUT2D eigenvalue weighted by Gasteiger charge is -2.21. The molecule has 2 aliphatic heterocycles. The fraction of sp³-hybridized carbons (Fsp3) is 0.304. The Morgan fingerprint density at radius 3 is 2.47 bits per heavy atom. The van der Waals surface area contributed by atoms with Crippen LogP contribution in [-0.4, -0.2) is 19.5 Å². The molecule has 0 unspecified atom stereocenters. The highest BCUT2D eigenvalue weighted by atomic mass is 35.5. The standard InChI is InChI=1S/C23H23ClN4O2/c1-23(2,3)15-8-11-18-17(13-15)25-19-20(26-22(30)27-21(19)29)28(18)12-4-5-14-6-9-16(24)10-7-14/h6-11,13H,4-5,12H2,1-3H3,(H,27,29,30). The maximum Gasteiger partial charge on any atom is 0.349 e. The molecular weight excluding hydrogens is 400 g/mol. The molecule has 0 aromatic heterocycles. The van der Waals surface area contributed by atoms with E-state index in [0.29, 0.717) is 22.9 Å². The molecule has 0 bridgehead atoms. The number of nitrogens with zero attached hydrogens (tertiary/aromatic N) is 3. The Bertz CT molecular complexity index is 1300. The molecular formula is C23H23ClN4O2. The van der Waals surface area contributed by atoms with Crippen molar-refractivity contribution in [3.05, 3.63) is 79.5 Å². The Kier molecular flexibility index (Phi) is 5.20. The smallest absolute Gasteiger partial charge is 0.322 e. The molecule has 0 fully saturated rings. The molecule has 0 aliphatic carbocycles. The average molecular weight is 423 g/mol. The van der Waals surface area contributed by atoms with Crippen molar-refractivity contribution in [3.63, 3.8) is 0 Å². The highest BCUT2D eigenvalue weighted by Crippen LogP contribution is 2.28. The number of nitrogens with one attached hydrogen (secondary N) is 1. The number of halogens is 1. The molecule has 7 heteroatoms. The third kappa shape index (κ3) is 4.00. The van der Waals surface area contributed by atoms with E-state index < -0.39 is 11.2 Å². The van der Waals surface area contributed by atoms with Gasteiger partial charge in [0.25, 0.3) is 5.56 Å². The van der Waals surface area contributed by atoms with Crippen molar-refractivity contribution in [2.75, 3.05) is 0 Å². The molecule has 2 aromatic rings. The molecule has 0 atom stereocenters. The first-order valence-corrected chi connectivity index (χ1v) is 10.3. The SMILES string of the molecule is CC(C)(C)c1ccc2c(c1)nc1c(=O)[nH]c(=O)nc-1n2CCCc1ccc(Cl)cc1. The summed E-state index contributed by atoms with van der Waals surface area (Å²) in [7, 11) is 0. The summed E-state index contributed by atoms with van der Waals surface area (Å²) in [6, 6.07) is 13.8. The van der Waals surface area contributed by atoms with Gasteiger partial charge in [0.1, 0.15) is 0 Å². The number of H-pyrrole nitrogens is 1. The topological polar surface area (TPSA) is 80.6 Å². The summed E-state index contributed by atoms with van der Waals surface area (Å²) in [5.41, 5.74) is 2.82. The van der Waals surface area contributed by atoms with E-state index in [0.717, 1.165) is 23.9 Å². The molecule has 0 amide bonds. The van der Waals surface area contributed by atoms with Gasteiger partial charge in [0.2, 0.25) is 0 Å². The fourth-order valence-electron chi connectivity index (χ4n) is 3.58. The van der Waals surface area contributed by atoms with Gasteiger partial charge in [0.15, 0.2) is 11.5 Å². The third-order valence-corrected chi connectivity index (χ3v) is 5.49. The minimum absolute atomic E-state index is 0.0478. The van der Waals surface area contributed by atoms with Crippen molar-refractivity contribution in [1.29, 1.82) is 0 Å². The van der Waals surface area contributed by atoms with Crippen molar-refractivity contribution in [3.8, 4) is 11.5 Å². The van der Waals surface area contributed by atoms with Crippen molar-refractivity contribution < 1.29 is 0 Å². The summed E-state index contributed by atoms with van der Waals surface area (Å²) in [5, 5.41) is 0.709. The Balaban J connectivity index is 1.80. The Morgan fingerprint density at radius 2 is 1.77 bits per heavy atom. The van der Waals surface area contributed by atoms with Crippen LogP contribution in [0.3, 0.4) is 0 Å². The van der Waals surface area contributed by atoms with E-state index in [1.54, 1.807) is 0 Å². The van der Waals surface area contributed by atoms with Gasteiger partial charge in [-0.2, -0.15) is 4.98 Å². The second kappa shape index (κ2) is 7.69. The summed E-state index contributed by atoms with van der Waals surface area (Å²) in [5.74, 6) is 0.316. The van der Waals surface area contributed by atoms with Gasteiger partial charge in [0.05, 0.1) is 11.0 Å². The number of aryl methyl sites for hydroxylation is 2. The van der Waals surface area contributed by atoms with Gasteiger partial charge in [0, 0.05) is 11.6 Å². The summed E-state index contributed by atoms with van der Waals surface area (Å²) >= 11 is 5.97. The molecule has 4 rings (SSSR count). The highest BCUT2D eigenvalue weighted by molar-refractivity contribution is 6.30. The first-order valence-electron chi connectivity index (χ1n) is 9.92. The molecule has 2 heterocycles. The van der Waals surface area contributed by atoms with Gasteiger partial charge < -0.3 is 4.57 Å². The minimum atomic E-state index is -0.661. The van der Waals surface area contributed by atoms with E-state index >= 15 is 0 Å². The van der Waals surface area contributed by atoms with E-state index in [9.17, 15) is 9.59 Å². The van der Waals surface area contributed by atoms with E-state index in [4.69, 9.17) is 11.6 Å². The van der Waals surface area contributed by atoms with Gasteiger partial charge >= 0.3 is 5.69 Å². The molecule has 30 heavy (non-hydrogen) atoms. The Labute approximate surface area is 178 Å². The molecule has 0 saturated heterocycles. The molecule has 0 radical (unpaired) electrons.